The number of nitrogens with one attached hydrogen (secondary N) is 1. The highest BCUT2D eigenvalue weighted by molar-refractivity contribution is 6.32. The number of hydrazone groups is 1. The summed E-state index contributed by atoms with van der Waals surface area (Å²) >= 11 is 6.41. The van der Waals surface area contributed by atoms with Gasteiger partial charge in [0.15, 0.2) is 0 Å². The molecule has 0 aliphatic heterocycles. The molecule has 0 fully saturated rings. The van der Waals surface area contributed by atoms with Gasteiger partial charge in [0.2, 0.25) is 0 Å². The highest BCUT2D eigenvalue weighted by Gasteiger charge is 2.12. The SMILES string of the molecule is Cc1nn(Cc2ccccc2)c(Cl)c1/C=N/NC(=O)c1ccccc1. The molecular formula is C19H17ClN4O. The quantitative estimate of drug-likeness (QED) is 0.562. The molecule has 0 unspecified atom stereocenters. The Morgan fingerprint density at radius 1 is 1.16 bits per heavy atom. The predicted octanol–water partition coefficient (Wildman–Crippen LogP) is 3.66. The van der Waals surface area contributed by atoms with Gasteiger partial charge in [-0.2, -0.15) is 10.2 Å². The number of rotatable bonds is 5. The molecule has 0 spiro atoms. The molecule has 1 amide bonds. The van der Waals surface area contributed by atoms with E-state index in [1.165, 1.54) is 6.21 Å². The summed E-state index contributed by atoms with van der Waals surface area (Å²) in [4.78, 5) is 12.0. The predicted molar refractivity (Wildman–Crippen MR) is 99.0 cm³/mol. The van der Waals surface area contributed by atoms with Crippen LogP contribution >= 0.6 is 11.6 Å². The summed E-state index contributed by atoms with van der Waals surface area (Å²) in [7, 11) is 0. The molecule has 0 aliphatic carbocycles. The minimum absolute atomic E-state index is 0.276. The van der Waals surface area contributed by atoms with Crippen LogP contribution in [0.15, 0.2) is 65.8 Å². The van der Waals surface area contributed by atoms with Crippen molar-refractivity contribution in [2.24, 2.45) is 5.10 Å². The first-order chi connectivity index (χ1) is 12.1. The lowest BCUT2D eigenvalue weighted by molar-refractivity contribution is 0.0955. The van der Waals surface area contributed by atoms with E-state index in [0.29, 0.717) is 22.8 Å². The second kappa shape index (κ2) is 7.77. The lowest BCUT2D eigenvalue weighted by Crippen LogP contribution is -2.17. The van der Waals surface area contributed by atoms with Gasteiger partial charge in [-0.3, -0.25) is 4.79 Å². The molecule has 6 heteroatoms. The standard InChI is InChI=1S/C19H17ClN4O/c1-14-17(12-21-22-19(25)16-10-6-3-7-11-16)18(20)24(23-14)13-15-8-4-2-5-9-15/h2-12H,13H2,1H3,(H,22,25)/b21-12+. The third-order valence-electron chi connectivity index (χ3n) is 3.68. The summed E-state index contributed by atoms with van der Waals surface area (Å²) in [5, 5.41) is 8.93. The van der Waals surface area contributed by atoms with E-state index < -0.39 is 0 Å². The summed E-state index contributed by atoms with van der Waals surface area (Å²) in [6, 6.07) is 18.8. The molecule has 3 aromatic rings. The van der Waals surface area contributed by atoms with Crippen LogP contribution in [0.1, 0.15) is 27.2 Å². The van der Waals surface area contributed by atoms with Crippen molar-refractivity contribution in [3.05, 3.63) is 88.2 Å². The second-order valence-corrected chi connectivity index (χ2v) is 5.86. The van der Waals surface area contributed by atoms with Crippen molar-refractivity contribution in [1.82, 2.24) is 15.2 Å². The third kappa shape index (κ3) is 4.14. The minimum atomic E-state index is -0.276. The van der Waals surface area contributed by atoms with Crippen molar-refractivity contribution in [3.8, 4) is 0 Å². The van der Waals surface area contributed by atoms with Gasteiger partial charge in [0.05, 0.1) is 24.0 Å². The number of aryl methyl sites for hydroxylation is 1. The van der Waals surface area contributed by atoms with Gasteiger partial charge in [-0.1, -0.05) is 60.1 Å². The Labute approximate surface area is 150 Å². The van der Waals surface area contributed by atoms with Crippen molar-refractivity contribution in [2.45, 2.75) is 13.5 Å². The van der Waals surface area contributed by atoms with Gasteiger partial charge < -0.3 is 0 Å². The monoisotopic (exact) mass is 352 g/mol. The van der Waals surface area contributed by atoms with Crippen LogP contribution in [0.25, 0.3) is 0 Å². The van der Waals surface area contributed by atoms with Gasteiger partial charge in [-0.05, 0) is 24.6 Å². The molecule has 0 atom stereocenters. The molecule has 25 heavy (non-hydrogen) atoms. The van der Waals surface area contributed by atoms with E-state index in [-0.39, 0.29) is 5.91 Å². The maximum atomic E-state index is 12.0. The summed E-state index contributed by atoms with van der Waals surface area (Å²) in [5.74, 6) is -0.276. The molecule has 126 valence electrons. The molecule has 0 bridgehead atoms. The van der Waals surface area contributed by atoms with Gasteiger partial charge in [-0.15, -0.1) is 0 Å². The zero-order valence-corrected chi connectivity index (χ0v) is 14.4. The number of aromatic nitrogens is 2. The van der Waals surface area contributed by atoms with Gasteiger partial charge >= 0.3 is 0 Å². The number of halogens is 1. The average molecular weight is 353 g/mol. The maximum absolute atomic E-state index is 12.0. The number of carbonyl (C=O) groups excluding carboxylic acids is 1. The molecular weight excluding hydrogens is 336 g/mol. The van der Waals surface area contributed by atoms with Crippen LogP contribution in [-0.4, -0.2) is 21.9 Å². The Hall–Kier alpha value is -2.92. The van der Waals surface area contributed by atoms with Gasteiger partial charge in [0.1, 0.15) is 5.15 Å². The van der Waals surface area contributed by atoms with Crippen molar-refractivity contribution in [1.29, 1.82) is 0 Å². The zero-order valence-electron chi connectivity index (χ0n) is 13.7. The molecule has 5 nitrogen and oxygen atoms in total. The number of nitrogens with zero attached hydrogens (tertiary/aromatic N) is 3. The topological polar surface area (TPSA) is 59.3 Å². The van der Waals surface area contributed by atoms with E-state index in [1.54, 1.807) is 28.9 Å². The van der Waals surface area contributed by atoms with Crippen LogP contribution in [-0.2, 0) is 6.54 Å². The van der Waals surface area contributed by atoms with E-state index in [0.717, 1.165) is 11.3 Å². The minimum Gasteiger partial charge on any atom is -0.267 e. The number of hydrogen-bond acceptors (Lipinski definition) is 3. The lowest BCUT2D eigenvalue weighted by atomic mass is 10.2. The van der Waals surface area contributed by atoms with Crippen molar-refractivity contribution in [2.75, 3.05) is 0 Å². The Balaban J connectivity index is 1.71. The molecule has 1 heterocycles. The smallest absolute Gasteiger partial charge is 0.267 e. The van der Waals surface area contributed by atoms with Crippen LogP contribution in [0.4, 0.5) is 0 Å². The highest BCUT2D eigenvalue weighted by atomic mass is 35.5. The van der Waals surface area contributed by atoms with E-state index in [4.69, 9.17) is 11.6 Å². The maximum Gasteiger partial charge on any atom is 0.271 e. The molecule has 1 aromatic heterocycles. The summed E-state index contributed by atoms with van der Waals surface area (Å²) in [5.41, 5.74) is 5.58. The van der Waals surface area contributed by atoms with Gasteiger partial charge in [0.25, 0.3) is 5.91 Å². The Morgan fingerprint density at radius 2 is 1.80 bits per heavy atom. The molecule has 0 saturated heterocycles. The Kier molecular flexibility index (Phi) is 5.26. The zero-order chi connectivity index (χ0) is 17.6. The number of hydrogen-bond donors (Lipinski definition) is 1. The number of carbonyl (C=O) groups is 1. The van der Waals surface area contributed by atoms with Gasteiger partial charge in [0, 0.05) is 5.56 Å². The summed E-state index contributed by atoms with van der Waals surface area (Å²) in [6.45, 7) is 2.43. The van der Waals surface area contributed by atoms with Crippen LogP contribution in [0, 0.1) is 6.92 Å². The van der Waals surface area contributed by atoms with Crippen LogP contribution < -0.4 is 5.43 Å². The molecule has 1 N–H and O–H groups in total. The van der Waals surface area contributed by atoms with E-state index >= 15 is 0 Å². The van der Waals surface area contributed by atoms with Crippen LogP contribution in [0.3, 0.4) is 0 Å². The van der Waals surface area contributed by atoms with E-state index in [1.807, 2.05) is 43.3 Å². The average Bonchev–Trinajstić information content (AvgIpc) is 2.90. The molecule has 0 saturated carbocycles. The van der Waals surface area contributed by atoms with Crippen LogP contribution in [0.5, 0.6) is 0 Å². The summed E-state index contributed by atoms with van der Waals surface area (Å²) < 4.78 is 1.71. The van der Waals surface area contributed by atoms with Gasteiger partial charge in [-0.25, -0.2) is 10.1 Å². The van der Waals surface area contributed by atoms with Crippen molar-refractivity contribution < 1.29 is 4.79 Å². The molecule has 3 rings (SSSR count). The highest BCUT2D eigenvalue weighted by Crippen LogP contribution is 2.19. The number of benzene rings is 2. The van der Waals surface area contributed by atoms with Crippen molar-refractivity contribution >= 4 is 23.7 Å². The fourth-order valence-corrected chi connectivity index (χ4v) is 2.67. The third-order valence-corrected chi connectivity index (χ3v) is 4.08. The lowest BCUT2D eigenvalue weighted by Gasteiger charge is -2.03. The first-order valence-electron chi connectivity index (χ1n) is 7.80. The molecule has 0 radical (unpaired) electrons. The van der Waals surface area contributed by atoms with E-state index in [2.05, 4.69) is 15.6 Å². The summed E-state index contributed by atoms with van der Waals surface area (Å²) in [6.07, 6.45) is 1.52. The van der Waals surface area contributed by atoms with E-state index in [9.17, 15) is 4.79 Å². The van der Waals surface area contributed by atoms with Crippen LogP contribution in [0.2, 0.25) is 5.15 Å². The molecule has 0 aliphatic rings. The van der Waals surface area contributed by atoms with Crippen molar-refractivity contribution in [3.63, 3.8) is 0 Å². The second-order valence-electron chi connectivity index (χ2n) is 5.50. The first kappa shape index (κ1) is 16.9. The molecule has 2 aromatic carbocycles. The Morgan fingerprint density at radius 3 is 2.48 bits per heavy atom. The fourth-order valence-electron chi connectivity index (χ4n) is 2.38. The normalized spacial score (nSPS) is 11.0. The number of amides is 1. The largest absolute Gasteiger partial charge is 0.271 e. The Bertz CT molecular complexity index is 889. The first-order valence-corrected chi connectivity index (χ1v) is 8.18. The fraction of sp³-hybridized carbons (Fsp3) is 0.105.